The van der Waals surface area contributed by atoms with Crippen LogP contribution in [0.3, 0.4) is 0 Å². The molecule has 3 nitrogen and oxygen atoms in total. The summed E-state index contributed by atoms with van der Waals surface area (Å²) in [5.74, 6) is 2.88. The first-order valence-electron chi connectivity index (χ1n) is 7.08. The van der Waals surface area contributed by atoms with Crippen molar-refractivity contribution in [1.29, 1.82) is 0 Å². The van der Waals surface area contributed by atoms with Gasteiger partial charge in [0.2, 0.25) is 0 Å². The number of H-pyrrole nitrogens is 1. The monoisotopic (exact) mass is 235 g/mol. The summed E-state index contributed by atoms with van der Waals surface area (Å²) in [5.41, 5.74) is 0.274. The lowest BCUT2D eigenvalue weighted by Crippen LogP contribution is -2.26. The van der Waals surface area contributed by atoms with Crippen LogP contribution < -0.4 is 0 Å². The molecule has 1 fully saturated rings. The van der Waals surface area contributed by atoms with Gasteiger partial charge in [0.15, 0.2) is 5.82 Å². The SMILES string of the molecule is CCCc1nc(C2(CC(C)C)CCCC2)n[nH]1. The largest absolute Gasteiger partial charge is 0.263 e. The van der Waals surface area contributed by atoms with E-state index in [9.17, 15) is 0 Å². The molecule has 0 unspecified atom stereocenters. The van der Waals surface area contributed by atoms with Crippen molar-refractivity contribution >= 4 is 0 Å². The zero-order valence-corrected chi connectivity index (χ0v) is 11.4. The summed E-state index contributed by atoms with van der Waals surface area (Å²) in [6.45, 7) is 6.79. The Labute approximate surface area is 104 Å². The van der Waals surface area contributed by atoms with E-state index in [4.69, 9.17) is 4.98 Å². The summed E-state index contributed by atoms with van der Waals surface area (Å²) >= 11 is 0. The molecule has 17 heavy (non-hydrogen) atoms. The second-order valence-electron chi connectivity index (χ2n) is 5.94. The van der Waals surface area contributed by atoms with Crippen LogP contribution in [0.1, 0.15) is 70.9 Å². The smallest absolute Gasteiger partial charge is 0.156 e. The standard InChI is InChI=1S/C14H25N3/c1-4-7-12-15-13(17-16-12)14(10-11(2)3)8-5-6-9-14/h11H,4-10H2,1-3H3,(H,15,16,17). The van der Waals surface area contributed by atoms with E-state index >= 15 is 0 Å². The van der Waals surface area contributed by atoms with Crippen molar-refractivity contribution < 1.29 is 0 Å². The lowest BCUT2D eigenvalue weighted by molar-refractivity contribution is 0.329. The second-order valence-corrected chi connectivity index (χ2v) is 5.94. The van der Waals surface area contributed by atoms with Crippen LogP contribution in [-0.4, -0.2) is 15.2 Å². The first-order chi connectivity index (χ1) is 8.16. The first-order valence-corrected chi connectivity index (χ1v) is 7.08. The van der Waals surface area contributed by atoms with Gasteiger partial charge in [0, 0.05) is 11.8 Å². The van der Waals surface area contributed by atoms with E-state index in [0.717, 1.165) is 30.4 Å². The van der Waals surface area contributed by atoms with Crippen molar-refractivity contribution in [3.63, 3.8) is 0 Å². The molecule has 1 heterocycles. The topological polar surface area (TPSA) is 41.6 Å². The van der Waals surface area contributed by atoms with Gasteiger partial charge in [-0.25, -0.2) is 4.98 Å². The molecule has 1 aromatic heterocycles. The summed E-state index contributed by atoms with van der Waals surface area (Å²) in [6.07, 6.45) is 8.60. The maximum absolute atomic E-state index is 4.74. The Bertz CT molecular complexity index is 348. The van der Waals surface area contributed by atoms with E-state index in [2.05, 4.69) is 31.0 Å². The van der Waals surface area contributed by atoms with Gasteiger partial charge in [-0.05, 0) is 31.6 Å². The zero-order chi connectivity index (χ0) is 12.3. The molecule has 0 atom stereocenters. The highest BCUT2D eigenvalue weighted by Gasteiger charge is 2.39. The van der Waals surface area contributed by atoms with E-state index in [-0.39, 0.29) is 5.41 Å². The Balaban J connectivity index is 2.19. The number of nitrogens with one attached hydrogen (secondary N) is 1. The highest BCUT2D eigenvalue weighted by Crippen LogP contribution is 2.44. The van der Waals surface area contributed by atoms with Gasteiger partial charge in [0.1, 0.15) is 5.82 Å². The van der Waals surface area contributed by atoms with Crippen LogP contribution in [0.5, 0.6) is 0 Å². The van der Waals surface area contributed by atoms with Crippen LogP contribution in [0.25, 0.3) is 0 Å². The molecular formula is C14H25N3. The summed E-state index contributed by atoms with van der Waals surface area (Å²) in [7, 11) is 0. The lowest BCUT2D eigenvalue weighted by Gasteiger charge is -2.27. The third-order valence-electron chi connectivity index (χ3n) is 3.85. The van der Waals surface area contributed by atoms with E-state index in [1.807, 2.05) is 0 Å². The maximum atomic E-state index is 4.74. The minimum atomic E-state index is 0.274. The van der Waals surface area contributed by atoms with Gasteiger partial charge < -0.3 is 0 Å². The van der Waals surface area contributed by atoms with Crippen molar-refractivity contribution in [3.05, 3.63) is 11.6 Å². The van der Waals surface area contributed by atoms with Crippen LogP contribution in [0.15, 0.2) is 0 Å². The maximum Gasteiger partial charge on any atom is 0.156 e. The number of rotatable bonds is 5. The average Bonchev–Trinajstić information content (AvgIpc) is 2.87. The molecule has 0 saturated heterocycles. The molecule has 0 bridgehead atoms. The van der Waals surface area contributed by atoms with Gasteiger partial charge in [0.05, 0.1) is 0 Å². The summed E-state index contributed by atoms with van der Waals surface area (Å²) in [5, 5.41) is 7.63. The van der Waals surface area contributed by atoms with Crippen molar-refractivity contribution in [2.45, 2.75) is 71.1 Å². The second kappa shape index (κ2) is 5.19. The molecule has 0 amide bonds. The molecule has 0 radical (unpaired) electrons. The number of hydrogen-bond acceptors (Lipinski definition) is 2. The molecule has 0 spiro atoms. The average molecular weight is 235 g/mol. The Hall–Kier alpha value is -0.860. The molecule has 1 aromatic rings. The fourth-order valence-corrected chi connectivity index (χ4v) is 3.23. The summed E-state index contributed by atoms with van der Waals surface area (Å²) in [4.78, 5) is 4.74. The minimum Gasteiger partial charge on any atom is -0.263 e. The molecule has 1 N–H and O–H groups in total. The van der Waals surface area contributed by atoms with Gasteiger partial charge in [-0.15, -0.1) is 0 Å². The van der Waals surface area contributed by atoms with Crippen LogP contribution >= 0.6 is 0 Å². The Kier molecular flexibility index (Phi) is 3.85. The number of aromatic nitrogens is 3. The van der Waals surface area contributed by atoms with Crippen molar-refractivity contribution in [2.75, 3.05) is 0 Å². The molecule has 1 aliphatic carbocycles. The van der Waals surface area contributed by atoms with Gasteiger partial charge in [-0.2, -0.15) is 5.10 Å². The molecule has 1 aliphatic rings. The summed E-state index contributed by atoms with van der Waals surface area (Å²) in [6, 6.07) is 0. The van der Waals surface area contributed by atoms with Crippen molar-refractivity contribution in [3.8, 4) is 0 Å². The van der Waals surface area contributed by atoms with Crippen molar-refractivity contribution in [1.82, 2.24) is 15.2 Å². The molecule has 3 heteroatoms. The van der Waals surface area contributed by atoms with Crippen molar-refractivity contribution in [2.24, 2.45) is 5.92 Å². The fourth-order valence-electron chi connectivity index (χ4n) is 3.23. The van der Waals surface area contributed by atoms with Gasteiger partial charge >= 0.3 is 0 Å². The Morgan fingerprint density at radius 1 is 1.29 bits per heavy atom. The lowest BCUT2D eigenvalue weighted by atomic mass is 9.78. The van der Waals surface area contributed by atoms with E-state index < -0.39 is 0 Å². The van der Waals surface area contributed by atoms with Gasteiger partial charge in [-0.3, -0.25) is 5.10 Å². The Morgan fingerprint density at radius 2 is 2.00 bits per heavy atom. The van der Waals surface area contributed by atoms with Crippen LogP contribution in [0, 0.1) is 5.92 Å². The van der Waals surface area contributed by atoms with Crippen LogP contribution in [0.2, 0.25) is 0 Å². The Morgan fingerprint density at radius 3 is 2.59 bits per heavy atom. The normalized spacial score (nSPS) is 19.1. The molecule has 96 valence electrons. The predicted molar refractivity (Wildman–Crippen MR) is 70.0 cm³/mol. The van der Waals surface area contributed by atoms with E-state index in [0.29, 0.717) is 0 Å². The van der Waals surface area contributed by atoms with E-state index in [1.54, 1.807) is 0 Å². The van der Waals surface area contributed by atoms with E-state index in [1.165, 1.54) is 32.1 Å². The van der Waals surface area contributed by atoms with Crippen LogP contribution in [-0.2, 0) is 11.8 Å². The quantitative estimate of drug-likeness (QED) is 0.847. The highest BCUT2D eigenvalue weighted by molar-refractivity contribution is 5.11. The number of aromatic amines is 1. The first kappa shape index (κ1) is 12.6. The molecule has 0 aromatic carbocycles. The molecule has 0 aliphatic heterocycles. The number of nitrogens with zero attached hydrogens (tertiary/aromatic N) is 2. The zero-order valence-electron chi connectivity index (χ0n) is 11.4. The predicted octanol–water partition coefficient (Wildman–Crippen LogP) is 3.62. The third kappa shape index (κ3) is 2.70. The summed E-state index contributed by atoms with van der Waals surface area (Å²) < 4.78 is 0. The number of aryl methyl sites for hydroxylation is 1. The number of hydrogen-bond donors (Lipinski definition) is 1. The van der Waals surface area contributed by atoms with Gasteiger partial charge in [0.25, 0.3) is 0 Å². The van der Waals surface area contributed by atoms with Gasteiger partial charge in [-0.1, -0.05) is 33.6 Å². The molecule has 2 rings (SSSR count). The highest BCUT2D eigenvalue weighted by atomic mass is 15.2. The third-order valence-corrected chi connectivity index (χ3v) is 3.85. The fraction of sp³-hybridized carbons (Fsp3) is 0.857. The molecular weight excluding hydrogens is 210 g/mol. The minimum absolute atomic E-state index is 0.274. The van der Waals surface area contributed by atoms with Crippen LogP contribution in [0.4, 0.5) is 0 Å². The molecule has 1 saturated carbocycles.